The molecule has 0 heterocycles. The summed E-state index contributed by atoms with van der Waals surface area (Å²) in [6, 6.07) is 0. The van der Waals surface area contributed by atoms with Crippen molar-refractivity contribution in [3.05, 3.63) is 0 Å². The molecule has 0 amide bonds. The Balaban J connectivity index is -0.0000000450. The van der Waals surface area contributed by atoms with E-state index in [1.54, 1.807) is 0 Å². The molecule has 2 radical (unpaired) electrons. The normalized spacial score (nSPS) is 2.50. The Morgan fingerprint density at radius 2 is 1.00 bits per heavy atom. The molecule has 3 nitrogen and oxygen atoms in total. The summed E-state index contributed by atoms with van der Waals surface area (Å²) in [4.78, 5) is 0. The van der Waals surface area contributed by atoms with Gasteiger partial charge in [0.05, 0.1) is 0 Å². The van der Waals surface area contributed by atoms with Crippen LogP contribution in [0.2, 0.25) is 0 Å². The van der Waals surface area contributed by atoms with Crippen LogP contribution in [-0.4, -0.2) is 27.3 Å². The molecule has 0 fully saturated rings. The Morgan fingerprint density at radius 1 is 1.00 bits per heavy atom. The molecule has 0 aromatic carbocycles. The molecule has 0 rings (SSSR count). The summed E-state index contributed by atoms with van der Waals surface area (Å²) < 4.78 is 25.8. The summed E-state index contributed by atoms with van der Waals surface area (Å²) in [6.07, 6.45) is 0. The average Bonchev–Trinajstić information content (AvgIpc) is 0.811. The van der Waals surface area contributed by atoms with Crippen molar-refractivity contribution >= 4 is 27.3 Å². The molecule has 0 saturated heterocycles. The molecule has 32 valence electrons. The molecule has 6 heteroatoms. The molecule has 0 aromatic rings. The van der Waals surface area contributed by atoms with Gasteiger partial charge in [-0.05, 0) is 0 Å². The van der Waals surface area contributed by atoms with Crippen LogP contribution in [0, 0.1) is 0 Å². The maximum absolute atomic E-state index is 8.58. The van der Waals surface area contributed by atoms with Crippen LogP contribution in [0.3, 0.4) is 0 Å². The van der Waals surface area contributed by atoms with Gasteiger partial charge in [0.15, 0.2) is 0 Å². The fraction of sp³-hybridized carbons (Fsp3) is 0. The number of rotatable bonds is 0. The van der Waals surface area contributed by atoms with Gasteiger partial charge in [0.2, 0.25) is 0 Å². The molecule has 0 aliphatic heterocycles. The number of hydrogen-bond donors (Lipinski definition) is 0. The minimum atomic E-state index is -4.08. The van der Waals surface area contributed by atoms with Crippen LogP contribution in [0.1, 0.15) is 0 Å². The zero-order valence-corrected chi connectivity index (χ0v) is 12.4. The molecule has 0 aliphatic rings. The summed E-state index contributed by atoms with van der Waals surface area (Å²) in [5.41, 5.74) is 0. The first-order valence-electron chi connectivity index (χ1n) is 0.612. The summed E-state index contributed by atoms with van der Waals surface area (Å²) in [5.74, 6) is 0. The molecule has 0 unspecified atom stereocenters. The van der Waals surface area contributed by atoms with Gasteiger partial charge in [0.25, 0.3) is 0 Å². The van der Waals surface area contributed by atoms with E-state index in [0.29, 0.717) is 0 Å². The summed E-state index contributed by atoms with van der Waals surface area (Å²) in [7, 11) is 0. The van der Waals surface area contributed by atoms with E-state index in [2.05, 4.69) is 0 Å². The fourth-order valence-electron chi connectivity index (χ4n) is 0. The van der Waals surface area contributed by atoms with Crippen LogP contribution in [0.4, 0.5) is 0 Å². The largest absolute Gasteiger partial charge is 0 e. The van der Waals surface area contributed by atoms with Crippen LogP contribution in [0.25, 0.3) is 0 Å². The third-order valence-corrected chi connectivity index (χ3v) is 0. The van der Waals surface area contributed by atoms with E-state index in [1.807, 2.05) is 0 Å². The van der Waals surface area contributed by atoms with E-state index >= 15 is 0 Å². The zero-order valence-electron chi connectivity index (χ0n) is 2.93. The molecule has 0 N–H and O–H groups in total. The van der Waals surface area contributed by atoms with Crippen molar-refractivity contribution in [3.8, 4) is 0 Å². The van der Waals surface area contributed by atoms with Crippen LogP contribution in [-0.2, 0) is 54.0 Å². The Bertz CT molecular complexity index is 80.2. The summed E-state index contributed by atoms with van der Waals surface area (Å²) >= 11 is -4.08. The van der Waals surface area contributed by atoms with E-state index in [1.165, 1.54) is 0 Å². The van der Waals surface area contributed by atoms with Crippen molar-refractivity contribution < 1.29 is 54.0 Å². The second-order valence-electron chi connectivity index (χ2n) is 0.250. The quantitative estimate of drug-likeness (QED) is 0.480. The van der Waals surface area contributed by atoms with Gasteiger partial charge in [-0.25, -0.2) is 0 Å². The molecule has 0 atom stereocenters. The minimum Gasteiger partial charge on any atom is 0 e. The first-order valence-corrected chi connectivity index (χ1v) is 2.52. The summed E-state index contributed by atoms with van der Waals surface area (Å²) in [6.45, 7) is 0. The SMILES string of the molecule is [O]=[Ti](=[O])=[O].[PbH2].[Zr]. The average molecular weight is 396 g/mol. The van der Waals surface area contributed by atoms with Crippen LogP contribution in [0.15, 0.2) is 0 Å². The van der Waals surface area contributed by atoms with E-state index in [9.17, 15) is 0 Å². The first-order chi connectivity index (χ1) is 1.73. The molecule has 0 spiro atoms. The van der Waals surface area contributed by atoms with Gasteiger partial charge in [0.1, 0.15) is 0 Å². The van der Waals surface area contributed by atoms with Crippen LogP contribution >= 0.6 is 0 Å². The van der Waals surface area contributed by atoms with Gasteiger partial charge < -0.3 is 0 Å². The molecule has 0 bridgehead atoms. The van der Waals surface area contributed by atoms with Gasteiger partial charge in [-0.1, -0.05) is 0 Å². The first kappa shape index (κ1) is 15.7. The molecule has 0 aliphatic carbocycles. The van der Waals surface area contributed by atoms with Crippen molar-refractivity contribution in [2.75, 3.05) is 0 Å². The van der Waals surface area contributed by atoms with Gasteiger partial charge >= 0.3 is 55.1 Å². The monoisotopic (exact) mass is 396 g/mol. The van der Waals surface area contributed by atoms with Gasteiger partial charge in [-0.15, -0.1) is 0 Å². The predicted octanol–water partition coefficient (Wildman–Crippen LogP) is -1.28. The maximum atomic E-state index is 8.58. The molecule has 6 heavy (non-hydrogen) atoms. The van der Waals surface area contributed by atoms with Crippen molar-refractivity contribution in [1.82, 2.24) is 0 Å². The van der Waals surface area contributed by atoms with E-state index in [4.69, 9.17) is 9.97 Å². The second-order valence-corrected chi connectivity index (χ2v) is 1.03. The molecular weight excluding hydrogens is 394 g/mol. The van der Waals surface area contributed by atoms with Gasteiger partial charge in [-0.2, -0.15) is 0 Å². The summed E-state index contributed by atoms with van der Waals surface area (Å²) in [5, 5.41) is 0. The minimum absolute atomic E-state index is 0. The molecular formula is H2O3PbTiZr. The van der Waals surface area contributed by atoms with Gasteiger partial charge in [-0.3, -0.25) is 0 Å². The van der Waals surface area contributed by atoms with Gasteiger partial charge in [0, 0.05) is 26.2 Å². The van der Waals surface area contributed by atoms with Crippen LogP contribution < -0.4 is 0 Å². The molecule has 0 aromatic heterocycles. The smallest absolute Gasteiger partial charge is 0 e. The predicted molar refractivity (Wildman–Crippen MR) is 10.6 cm³/mol. The van der Waals surface area contributed by atoms with E-state index < -0.39 is 17.8 Å². The zero-order chi connectivity index (χ0) is 3.58. The van der Waals surface area contributed by atoms with E-state index in [0.717, 1.165) is 0 Å². The third-order valence-electron chi connectivity index (χ3n) is 0. The van der Waals surface area contributed by atoms with E-state index in [-0.39, 0.29) is 53.5 Å². The maximum Gasteiger partial charge on any atom is 0 e. The molecule has 0 saturated carbocycles. The van der Waals surface area contributed by atoms with Crippen molar-refractivity contribution in [2.45, 2.75) is 0 Å². The standard InChI is InChI=1S/3O.Pb.Ti.Zr.2H. The Labute approximate surface area is 80.0 Å². The topological polar surface area (TPSA) is 51.2 Å². The Hall–Kier alpha value is 1.92. The second kappa shape index (κ2) is 10.0. The number of hydrogen-bond acceptors (Lipinski definition) is 3. The van der Waals surface area contributed by atoms with Crippen LogP contribution in [0.5, 0.6) is 0 Å². The van der Waals surface area contributed by atoms with Crippen molar-refractivity contribution in [2.24, 2.45) is 0 Å². The Morgan fingerprint density at radius 3 is 1.00 bits per heavy atom. The van der Waals surface area contributed by atoms with Crippen molar-refractivity contribution in [1.29, 1.82) is 0 Å². The fourth-order valence-corrected chi connectivity index (χ4v) is 0. The van der Waals surface area contributed by atoms with Crippen molar-refractivity contribution in [3.63, 3.8) is 0 Å². The Kier molecular flexibility index (Phi) is 26.2. The third kappa shape index (κ3) is 38.9.